The first-order valence-electron chi connectivity index (χ1n) is 10.7. The Bertz CT molecular complexity index is 1280. The van der Waals surface area contributed by atoms with E-state index in [4.69, 9.17) is 15.3 Å². The van der Waals surface area contributed by atoms with Crippen LogP contribution < -0.4 is 11.1 Å². The number of hydrogen-bond acceptors (Lipinski definition) is 10. The Labute approximate surface area is 219 Å². The van der Waals surface area contributed by atoms with Crippen LogP contribution in [-0.4, -0.2) is 81.6 Å². The number of thioether (sulfide) groups is 1. The molecular weight excluding hydrogens is 524 g/mol. The van der Waals surface area contributed by atoms with Crippen molar-refractivity contribution in [3.8, 4) is 0 Å². The molecule has 0 bridgehead atoms. The molecule has 1 aromatic carbocycles. The number of carbonyl (C=O) groups excluding carboxylic acids is 3. The van der Waals surface area contributed by atoms with Gasteiger partial charge in [0, 0.05) is 11.3 Å². The number of furan rings is 1. The van der Waals surface area contributed by atoms with Crippen molar-refractivity contribution in [3.05, 3.63) is 71.3 Å². The number of amides is 3. The Kier molecular flexibility index (Phi) is 9.10. The van der Waals surface area contributed by atoms with Crippen LogP contribution in [0, 0.1) is 0 Å². The molecule has 200 valence electrons. The van der Waals surface area contributed by atoms with Crippen LogP contribution in [0.4, 0.5) is 4.79 Å². The van der Waals surface area contributed by atoms with Gasteiger partial charge in [-0.25, -0.2) is 14.4 Å². The highest BCUT2D eigenvalue weighted by atomic mass is 32.2. The number of β-lactam (4-membered cyclic amide) rings is 1. The molecule has 3 heterocycles. The lowest BCUT2D eigenvalue weighted by molar-refractivity contribution is -0.150. The number of hydrogen-bond donors (Lipinski definition) is 4. The van der Waals surface area contributed by atoms with Crippen LogP contribution in [0.5, 0.6) is 0 Å². The maximum absolute atomic E-state index is 12.6. The van der Waals surface area contributed by atoms with E-state index in [1.54, 1.807) is 36.4 Å². The van der Waals surface area contributed by atoms with E-state index in [0.717, 1.165) is 4.90 Å². The minimum atomic E-state index is -1.35. The molecule has 0 aliphatic carbocycles. The van der Waals surface area contributed by atoms with Gasteiger partial charge in [0.05, 0.1) is 11.8 Å². The number of ether oxygens (including phenoxy) is 1. The van der Waals surface area contributed by atoms with Crippen molar-refractivity contribution < 1.29 is 48.2 Å². The number of nitrogens with two attached hydrogens (primary N) is 1. The van der Waals surface area contributed by atoms with Crippen LogP contribution in [0.25, 0.3) is 0 Å². The van der Waals surface area contributed by atoms with E-state index in [2.05, 4.69) is 20.0 Å². The second-order valence-corrected chi connectivity index (χ2v) is 8.60. The molecule has 3 amide bonds. The number of carboxylic acids is 2. The van der Waals surface area contributed by atoms with Crippen LogP contribution in [0.3, 0.4) is 0 Å². The first-order chi connectivity index (χ1) is 18.1. The molecule has 0 spiro atoms. The highest BCUT2D eigenvalue weighted by molar-refractivity contribution is 8.00. The van der Waals surface area contributed by atoms with Crippen LogP contribution in [0.1, 0.15) is 16.1 Å². The average Bonchev–Trinajstić information content (AvgIpc) is 3.43. The molecule has 0 unspecified atom stereocenters. The van der Waals surface area contributed by atoms with Crippen LogP contribution >= 0.6 is 11.8 Å². The van der Waals surface area contributed by atoms with Crippen LogP contribution in [0.15, 0.2) is 69.6 Å². The topological polar surface area (TPSA) is 211 Å². The molecule has 1 fully saturated rings. The number of aliphatic carboxylic acids is 1. The van der Waals surface area contributed by atoms with Crippen molar-refractivity contribution in [3.63, 3.8) is 0 Å². The molecule has 2 aliphatic heterocycles. The number of nitrogens with zero attached hydrogens (tertiary/aromatic N) is 2. The van der Waals surface area contributed by atoms with E-state index in [0.29, 0.717) is 5.56 Å². The fourth-order valence-electron chi connectivity index (χ4n) is 3.45. The Hall–Kier alpha value is -4.79. The van der Waals surface area contributed by atoms with Crippen molar-refractivity contribution in [2.45, 2.75) is 11.4 Å². The van der Waals surface area contributed by atoms with Gasteiger partial charge in [0.1, 0.15) is 30.8 Å². The first-order valence-corrected chi connectivity index (χ1v) is 11.8. The Morgan fingerprint density at radius 2 is 1.87 bits per heavy atom. The second-order valence-electron chi connectivity index (χ2n) is 7.50. The van der Waals surface area contributed by atoms with Gasteiger partial charge in [-0.05, 0) is 24.3 Å². The van der Waals surface area contributed by atoms with E-state index in [9.17, 15) is 29.1 Å². The van der Waals surface area contributed by atoms with Crippen LogP contribution in [-0.2, 0) is 24.0 Å². The van der Waals surface area contributed by atoms with Gasteiger partial charge in [-0.3, -0.25) is 14.5 Å². The molecule has 38 heavy (non-hydrogen) atoms. The summed E-state index contributed by atoms with van der Waals surface area (Å²) in [7, 11) is 1.25. The third kappa shape index (κ3) is 6.31. The van der Waals surface area contributed by atoms with Crippen LogP contribution in [0.2, 0.25) is 0 Å². The molecule has 1 aromatic heterocycles. The normalized spacial score (nSPS) is 18.3. The summed E-state index contributed by atoms with van der Waals surface area (Å²) >= 11 is 1.21. The number of benzene rings is 1. The molecule has 0 radical (unpaired) electrons. The Morgan fingerprint density at radius 3 is 2.39 bits per heavy atom. The number of carboxylic acid groups (broad SMARTS) is 2. The minimum Gasteiger partial charge on any atom is -0.478 e. The molecule has 2 aromatic rings. The molecule has 14 nitrogen and oxygen atoms in total. The largest absolute Gasteiger partial charge is 0.478 e. The lowest BCUT2D eigenvalue weighted by atomic mass is 10.0. The summed E-state index contributed by atoms with van der Waals surface area (Å²) in [4.78, 5) is 63.5. The highest BCUT2D eigenvalue weighted by Gasteiger charge is 2.54. The summed E-state index contributed by atoms with van der Waals surface area (Å²) in [5.74, 6) is -3.26. The van der Waals surface area contributed by atoms with Gasteiger partial charge in [0.15, 0.2) is 5.76 Å². The second kappa shape index (κ2) is 12.4. The number of aromatic carboxylic acids is 1. The third-order valence-corrected chi connectivity index (χ3v) is 6.44. The van der Waals surface area contributed by atoms with Gasteiger partial charge < -0.3 is 35.3 Å². The fourth-order valence-corrected chi connectivity index (χ4v) is 4.77. The molecule has 5 N–H and O–H groups in total. The summed E-state index contributed by atoms with van der Waals surface area (Å²) in [6.45, 7) is -0.347. The van der Waals surface area contributed by atoms with Gasteiger partial charge >= 0.3 is 18.0 Å². The maximum atomic E-state index is 12.6. The molecule has 2 atom stereocenters. The van der Waals surface area contributed by atoms with Gasteiger partial charge in [-0.1, -0.05) is 23.4 Å². The number of nitrogens with one attached hydrogen (secondary N) is 1. The summed E-state index contributed by atoms with van der Waals surface area (Å²) in [6.07, 6.45) is 0.290. The lowest BCUT2D eigenvalue weighted by Gasteiger charge is -2.49. The van der Waals surface area contributed by atoms with E-state index >= 15 is 0 Å². The number of oxime groups is 1. The molecule has 2 aliphatic rings. The zero-order chi connectivity index (χ0) is 27.8. The predicted molar refractivity (Wildman–Crippen MR) is 131 cm³/mol. The van der Waals surface area contributed by atoms with Crippen molar-refractivity contribution in [1.29, 1.82) is 0 Å². The van der Waals surface area contributed by atoms with Crippen molar-refractivity contribution in [2.24, 2.45) is 10.9 Å². The summed E-state index contributed by atoms with van der Waals surface area (Å²) in [5, 5.41) is 23.4. The standard InChI is InChI=1S/C16H16N4O8S.C7H6O2/c1-26-19-9(8-3-2-4-27-8)12(21)18-10-13(22)20-11(15(23)24)7(5-28-16(17)25)6-29-14(10)20;8-7(9)6-4-2-1-3-5-6/h2-4,10,14H,5-6H2,1H3,(H2,17,25)(H,18,21)(H,23,24);1-5H,(H,8,9)/b19-9+;/t10-,14-;/m1./s1. The van der Waals surface area contributed by atoms with E-state index in [1.807, 2.05) is 0 Å². The number of fused-ring (bicyclic) bond motifs is 1. The number of carbonyl (C=O) groups is 5. The highest BCUT2D eigenvalue weighted by Crippen LogP contribution is 2.40. The quantitative estimate of drug-likeness (QED) is 0.207. The van der Waals surface area contributed by atoms with Gasteiger partial charge in [-0.15, -0.1) is 11.8 Å². The minimum absolute atomic E-state index is 0.140. The summed E-state index contributed by atoms with van der Waals surface area (Å²) in [6, 6.07) is 10.4. The smallest absolute Gasteiger partial charge is 0.404 e. The lowest BCUT2D eigenvalue weighted by Crippen LogP contribution is -2.71. The predicted octanol–water partition coefficient (Wildman–Crippen LogP) is 0.849. The molecule has 1 saturated heterocycles. The van der Waals surface area contributed by atoms with Gasteiger partial charge in [0.25, 0.3) is 11.8 Å². The van der Waals surface area contributed by atoms with Crippen molar-refractivity contribution >= 4 is 47.3 Å². The van der Waals surface area contributed by atoms with Gasteiger partial charge in [-0.2, -0.15) is 0 Å². The molecule has 4 rings (SSSR count). The average molecular weight is 547 g/mol. The number of primary amides is 1. The SMILES string of the molecule is CO/N=C(/C(=O)N[C@@H]1C(=O)N2C(C(=O)O)=C(COC(N)=O)CS[C@H]12)c1ccco1.O=C(O)c1ccccc1. The van der Waals surface area contributed by atoms with Crippen molar-refractivity contribution in [1.82, 2.24) is 10.2 Å². The Balaban J connectivity index is 0.000000375. The van der Waals surface area contributed by atoms with Crippen molar-refractivity contribution in [2.75, 3.05) is 19.5 Å². The summed E-state index contributed by atoms with van der Waals surface area (Å²) in [5.41, 5.74) is 5.01. The van der Waals surface area contributed by atoms with E-state index in [-0.39, 0.29) is 35.1 Å². The summed E-state index contributed by atoms with van der Waals surface area (Å²) < 4.78 is 9.79. The Morgan fingerprint density at radius 1 is 1.16 bits per heavy atom. The third-order valence-electron chi connectivity index (χ3n) is 5.10. The molecule has 15 heteroatoms. The maximum Gasteiger partial charge on any atom is 0.404 e. The monoisotopic (exact) mass is 546 g/mol. The zero-order valence-corrected chi connectivity index (χ0v) is 20.5. The zero-order valence-electron chi connectivity index (χ0n) is 19.7. The number of rotatable bonds is 8. The fraction of sp³-hybridized carbons (Fsp3) is 0.217. The first kappa shape index (κ1) is 27.8. The van der Waals surface area contributed by atoms with E-state index < -0.39 is 41.3 Å². The van der Waals surface area contributed by atoms with Gasteiger partial charge in [0.2, 0.25) is 5.71 Å². The molecular formula is C23H22N4O10S. The van der Waals surface area contributed by atoms with E-state index in [1.165, 1.54) is 31.2 Å². The molecule has 0 saturated carbocycles.